The number of thioether (sulfide) groups is 1. The minimum atomic E-state index is -4.65. The van der Waals surface area contributed by atoms with Crippen LogP contribution in [0.2, 0.25) is 0 Å². The lowest BCUT2D eigenvalue weighted by Gasteiger charge is -2.43. The van der Waals surface area contributed by atoms with E-state index in [1.165, 1.54) is 23.1 Å². The zero-order valence-electron chi connectivity index (χ0n) is 27.4. The molecule has 0 radical (unpaired) electrons. The van der Waals surface area contributed by atoms with Gasteiger partial charge in [-0.1, -0.05) is 47.2 Å². The van der Waals surface area contributed by atoms with Gasteiger partial charge in [-0.15, -0.1) is 11.8 Å². The highest BCUT2D eigenvalue weighted by Gasteiger charge is 2.69. The predicted octanol–water partition coefficient (Wildman–Crippen LogP) is 6.86. The molecule has 51 heavy (non-hydrogen) atoms. The van der Waals surface area contributed by atoms with E-state index in [2.05, 4.69) is 10.3 Å². The number of benzene rings is 3. The number of para-hydroxylation sites is 1. The van der Waals surface area contributed by atoms with E-state index < -0.39 is 36.1 Å². The molecule has 9 nitrogen and oxygen atoms in total. The molecule has 2 aliphatic heterocycles. The highest BCUT2D eigenvalue weighted by atomic mass is 32.2. The van der Waals surface area contributed by atoms with E-state index in [0.717, 1.165) is 44.9 Å². The summed E-state index contributed by atoms with van der Waals surface area (Å²) in [7, 11) is 0. The number of fused-ring (bicyclic) bond motifs is 9. The summed E-state index contributed by atoms with van der Waals surface area (Å²) in [5.74, 6) is -1.90. The van der Waals surface area contributed by atoms with Gasteiger partial charge >= 0.3 is 11.0 Å². The lowest BCUT2D eigenvalue weighted by molar-refractivity contribution is -0.137. The van der Waals surface area contributed by atoms with Crippen LogP contribution in [0.25, 0.3) is 0 Å². The normalized spacial score (nSPS) is 26.1. The van der Waals surface area contributed by atoms with E-state index >= 15 is 0 Å². The number of ether oxygens (including phenoxy) is 2. The first-order chi connectivity index (χ1) is 24.4. The molecule has 0 spiro atoms. The smallest absolute Gasteiger partial charge is 0.418 e. The number of hydrogen-bond donors (Lipinski definition) is 2. The molecule has 1 saturated heterocycles. The molecule has 3 amide bonds. The lowest BCUT2D eigenvalue weighted by Crippen LogP contribution is -2.42. The maximum Gasteiger partial charge on any atom is 0.418 e. The second kappa shape index (κ2) is 12.6. The number of anilines is 2. The predicted molar refractivity (Wildman–Crippen MR) is 185 cm³/mol. The molecule has 8 rings (SSSR count). The van der Waals surface area contributed by atoms with Gasteiger partial charge < -0.3 is 19.8 Å². The molecule has 2 bridgehead atoms. The van der Waals surface area contributed by atoms with Crippen molar-refractivity contribution in [2.75, 3.05) is 23.4 Å². The van der Waals surface area contributed by atoms with Crippen LogP contribution in [0, 0.1) is 36.5 Å². The van der Waals surface area contributed by atoms with Gasteiger partial charge in [0.2, 0.25) is 11.8 Å². The summed E-state index contributed by atoms with van der Waals surface area (Å²) in [5.41, 5.74) is 1.10. The fourth-order valence-corrected chi connectivity index (χ4v) is 11.5. The summed E-state index contributed by atoms with van der Waals surface area (Å²) < 4.78 is 52.1. The van der Waals surface area contributed by atoms with Crippen molar-refractivity contribution in [2.45, 2.75) is 42.6 Å². The van der Waals surface area contributed by atoms with Crippen LogP contribution in [0.1, 0.15) is 40.8 Å². The number of nitrogens with one attached hydrogen (secondary N) is 2. The summed E-state index contributed by atoms with van der Waals surface area (Å²) in [5, 5.41) is 3.04. The Bertz CT molecular complexity index is 2110. The van der Waals surface area contributed by atoms with Gasteiger partial charge in [-0.3, -0.25) is 24.1 Å². The van der Waals surface area contributed by atoms with Crippen LogP contribution in [0.3, 0.4) is 0 Å². The van der Waals surface area contributed by atoms with Gasteiger partial charge in [-0.25, -0.2) is 0 Å². The quantitative estimate of drug-likeness (QED) is 0.190. The summed E-state index contributed by atoms with van der Waals surface area (Å²) in [6.45, 7) is 3.44. The number of hydrogen-bond acceptors (Lipinski definition) is 8. The number of rotatable bonds is 8. The van der Waals surface area contributed by atoms with Crippen LogP contribution in [0.4, 0.5) is 24.5 Å². The summed E-state index contributed by atoms with van der Waals surface area (Å²) in [6, 6.07) is 17.4. The number of imide groups is 1. The molecule has 2 aliphatic carbocycles. The third-order valence-corrected chi connectivity index (χ3v) is 13.1. The Morgan fingerprint density at radius 1 is 0.961 bits per heavy atom. The molecule has 3 heterocycles. The Balaban J connectivity index is 1.08. The molecular formula is C37H32F3N3O6S2. The monoisotopic (exact) mass is 735 g/mol. The Labute approximate surface area is 298 Å². The standard InChI is InChI=1S/C37H32F3N3O6S2/c1-3-48-25-14-18(10-13-24(25)49-16-26(44)41-23-7-5-4-6-22(23)37(38,39)40)27-28-20-15-21(31(28)50-33-32(27)51-36(47)42-33)30-29(20)34(45)43(35(30)46)19-11-8-17(2)9-12-19/h4-14,20-21,27-31H,3,15-16H2,1-2H3,(H,41,44)(H,42,47)/t20?,21?,27-,28?,29?,30?,31?/m1/s1. The number of nitrogens with zero attached hydrogens (tertiary/aromatic N) is 1. The van der Waals surface area contributed by atoms with Gasteiger partial charge in [0.05, 0.1) is 40.4 Å². The molecule has 264 valence electrons. The number of aromatic nitrogens is 1. The van der Waals surface area contributed by atoms with Crippen molar-refractivity contribution in [3.8, 4) is 11.5 Å². The maximum atomic E-state index is 14.1. The van der Waals surface area contributed by atoms with Crippen molar-refractivity contribution in [1.29, 1.82) is 0 Å². The zero-order valence-corrected chi connectivity index (χ0v) is 29.0. The van der Waals surface area contributed by atoms with Crippen molar-refractivity contribution < 1.29 is 37.0 Å². The molecule has 6 unspecified atom stereocenters. The van der Waals surface area contributed by atoms with Crippen LogP contribution in [0.5, 0.6) is 11.5 Å². The Morgan fingerprint density at radius 3 is 2.41 bits per heavy atom. The molecule has 1 aromatic heterocycles. The van der Waals surface area contributed by atoms with Crippen molar-refractivity contribution >= 4 is 52.2 Å². The number of aromatic amines is 1. The number of thiazole rings is 1. The van der Waals surface area contributed by atoms with Gasteiger partial charge in [-0.05, 0) is 80.0 Å². The van der Waals surface area contributed by atoms with Crippen LogP contribution in [0.15, 0.2) is 76.6 Å². The van der Waals surface area contributed by atoms with Crippen molar-refractivity contribution in [2.24, 2.45) is 29.6 Å². The fourth-order valence-electron chi connectivity index (χ4n) is 8.61. The van der Waals surface area contributed by atoms with Gasteiger partial charge in [0.15, 0.2) is 18.1 Å². The van der Waals surface area contributed by atoms with E-state index in [0.29, 0.717) is 11.4 Å². The number of aryl methyl sites for hydroxylation is 1. The third kappa shape index (κ3) is 5.63. The SMILES string of the molecule is CCOc1cc([C@H]2c3sc(=O)[nH]c3SC3C4CC(C5C(=O)N(c6ccc(C)cc6)C(=O)C45)C32)ccc1OCC(=O)Nc1ccccc1C(F)(F)F. The average molecular weight is 736 g/mol. The van der Waals surface area contributed by atoms with Crippen LogP contribution >= 0.6 is 23.1 Å². The molecule has 4 aliphatic rings. The van der Waals surface area contributed by atoms with E-state index in [9.17, 15) is 32.3 Å². The maximum absolute atomic E-state index is 14.1. The topological polar surface area (TPSA) is 118 Å². The summed E-state index contributed by atoms with van der Waals surface area (Å²) in [4.78, 5) is 58.4. The number of carbonyl (C=O) groups is 3. The second-order valence-electron chi connectivity index (χ2n) is 13.3. The van der Waals surface area contributed by atoms with Crippen LogP contribution in [-0.2, 0) is 20.6 Å². The molecule has 2 N–H and O–H groups in total. The number of alkyl halides is 3. The highest BCUT2D eigenvalue weighted by molar-refractivity contribution is 8.00. The van der Waals surface area contributed by atoms with Crippen LogP contribution in [-0.4, -0.2) is 41.2 Å². The summed E-state index contributed by atoms with van der Waals surface area (Å²) in [6.07, 6.45) is -3.91. The first-order valence-electron chi connectivity index (χ1n) is 16.6. The molecule has 7 atom stereocenters. The number of H-pyrrole nitrogens is 1. The van der Waals surface area contributed by atoms with E-state index in [1.807, 2.05) is 43.3 Å². The number of amides is 3. The second-order valence-corrected chi connectivity index (χ2v) is 15.5. The molecule has 3 aromatic carbocycles. The minimum Gasteiger partial charge on any atom is -0.490 e. The zero-order chi connectivity index (χ0) is 35.8. The molecule has 2 saturated carbocycles. The number of carbonyl (C=O) groups excluding carboxylic acids is 3. The lowest BCUT2D eigenvalue weighted by atomic mass is 9.68. The average Bonchev–Trinajstić information content (AvgIpc) is 3.83. The van der Waals surface area contributed by atoms with Crippen LogP contribution < -0.4 is 24.6 Å². The number of halogens is 3. The molecule has 4 aromatic rings. The minimum absolute atomic E-state index is 0.0107. The third-order valence-electron chi connectivity index (χ3n) is 10.5. The molecule has 3 fully saturated rings. The van der Waals surface area contributed by atoms with Gasteiger partial charge in [0, 0.05) is 16.0 Å². The van der Waals surface area contributed by atoms with Crippen molar-refractivity contribution in [3.05, 3.63) is 98.0 Å². The Kier molecular flexibility index (Phi) is 8.29. The van der Waals surface area contributed by atoms with E-state index in [4.69, 9.17) is 9.47 Å². The van der Waals surface area contributed by atoms with E-state index in [1.54, 1.807) is 24.8 Å². The fraction of sp³-hybridized carbons (Fsp3) is 0.351. The largest absolute Gasteiger partial charge is 0.490 e. The first-order valence-corrected chi connectivity index (χ1v) is 18.3. The molecule has 14 heteroatoms. The van der Waals surface area contributed by atoms with Gasteiger partial charge in [0.1, 0.15) is 0 Å². The van der Waals surface area contributed by atoms with Gasteiger partial charge in [0.25, 0.3) is 5.91 Å². The van der Waals surface area contributed by atoms with E-state index in [-0.39, 0.29) is 63.7 Å². The Morgan fingerprint density at radius 2 is 1.69 bits per heavy atom. The van der Waals surface area contributed by atoms with Crippen molar-refractivity contribution in [1.82, 2.24) is 4.98 Å². The molecular weight excluding hydrogens is 704 g/mol. The Hall–Kier alpha value is -4.56. The first kappa shape index (κ1) is 33.6. The van der Waals surface area contributed by atoms with Crippen molar-refractivity contribution in [3.63, 3.8) is 0 Å². The summed E-state index contributed by atoms with van der Waals surface area (Å²) >= 11 is 2.73. The highest BCUT2D eigenvalue weighted by Crippen LogP contribution is 2.69. The van der Waals surface area contributed by atoms with Gasteiger partial charge in [-0.2, -0.15) is 13.2 Å².